The lowest BCUT2D eigenvalue weighted by atomic mass is 9.41. The Bertz CT molecular complexity index is 541. The molecule has 0 heterocycles. The first kappa shape index (κ1) is 16.1. The summed E-state index contributed by atoms with van der Waals surface area (Å²) >= 11 is 0. The van der Waals surface area contributed by atoms with Gasteiger partial charge in [0.25, 0.3) is 0 Å². The molecule has 0 radical (unpaired) electrons. The average molecular weight is 320 g/mol. The molecule has 0 unspecified atom stereocenters. The van der Waals surface area contributed by atoms with E-state index in [0.29, 0.717) is 30.5 Å². The molecule has 4 saturated carbocycles. The van der Waals surface area contributed by atoms with Crippen molar-refractivity contribution < 1.29 is 15.0 Å². The van der Waals surface area contributed by atoms with Crippen molar-refractivity contribution in [2.75, 3.05) is 6.61 Å². The minimum atomic E-state index is -1.02. The van der Waals surface area contributed by atoms with Crippen LogP contribution in [0, 0.1) is 34.0 Å². The Morgan fingerprint density at radius 3 is 2.57 bits per heavy atom. The molecule has 4 fully saturated rings. The molecule has 0 aromatic carbocycles. The number of carbonyl (C=O) groups is 1. The fourth-order valence-corrected chi connectivity index (χ4v) is 7.71. The molecule has 0 amide bonds. The van der Waals surface area contributed by atoms with Crippen molar-refractivity contribution in [3.8, 4) is 0 Å². The van der Waals surface area contributed by atoms with Crippen molar-refractivity contribution in [1.29, 1.82) is 0 Å². The molecule has 1 spiro atoms. The largest absolute Gasteiger partial charge is 0.393 e. The van der Waals surface area contributed by atoms with Crippen molar-refractivity contribution in [1.82, 2.24) is 0 Å². The molecule has 23 heavy (non-hydrogen) atoms. The number of aliphatic hydroxyl groups is 2. The standard InChI is InChI=1S/C20H32O3/c1-17(2)7-4-8-18(3)14-6-5-13-10-19(14,11-20(13,23)12-21)16(22)9-15(17)18/h13-15,21,23H,4-12H2,1-3H3/t13-,14-,15+,18-,19+,20+/m1/s1. The first-order valence-corrected chi connectivity index (χ1v) is 9.55. The third-order valence-corrected chi connectivity index (χ3v) is 8.75. The van der Waals surface area contributed by atoms with Crippen molar-refractivity contribution in [3.63, 3.8) is 0 Å². The molecule has 0 aromatic rings. The van der Waals surface area contributed by atoms with Crippen LogP contribution in [0.1, 0.15) is 72.1 Å². The van der Waals surface area contributed by atoms with Gasteiger partial charge in [0.15, 0.2) is 0 Å². The van der Waals surface area contributed by atoms with Crippen LogP contribution < -0.4 is 0 Å². The van der Waals surface area contributed by atoms with Crippen molar-refractivity contribution >= 4 is 5.78 Å². The number of aliphatic hydroxyl groups excluding tert-OH is 1. The van der Waals surface area contributed by atoms with Gasteiger partial charge in [-0.1, -0.05) is 27.2 Å². The third-order valence-electron chi connectivity index (χ3n) is 8.75. The molecule has 130 valence electrons. The van der Waals surface area contributed by atoms with Gasteiger partial charge in [0.2, 0.25) is 0 Å². The first-order valence-electron chi connectivity index (χ1n) is 9.55. The zero-order valence-electron chi connectivity index (χ0n) is 14.9. The number of ketones is 1. The first-order chi connectivity index (χ1) is 10.7. The monoisotopic (exact) mass is 320 g/mol. The van der Waals surface area contributed by atoms with Crippen LogP contribution in [0.25, 0.3) is 0 Å². The van der Waals surface area contributed by atoms with E-state index in [-0.39, 0.29) is 28.8 Å². The van der Waals surface area contributed by atoms with Crippen molar-refractivity contribution in [2.45, 2.75) is 77.7 Å². The molecule has 4 rings (SSSR count). The van der Waals surface area contributed by atoms with Crippen LogP contribution >= 0.6 is 0 Å². The Balaban J connectivity index is 1.78. The second kappa shape index (κ2) is 4.60. The SMILES string of the molecule is CC1(C)CCC[C@@]2(C)[C@H]1CC(=O)[C@]13C[C@@H](CC[C@@H]12)[C@@](O)(CO)C3. The van der Waals surface area contributed by atoms with E-state index in [0.717, 1.165) is 19.3 Å². The molecule has 0 saturated heterocycles. The molecule has 2 N–H and O–H groups in total. The van der Waals surface area contributed by atoms with Gasteiger partial charge in [-0.2, -0.15) is 0 Å². The molecular formula is C20H32O3. The highest BCUT2D eigenvalue weighted by Crippen LogP contribution is 2.71. The van der Waals surface area contributed by atoms with E-state index in [1.54, 1.807) is 0 Å². The van der Waals surface area contributed by atoms with Gasteiger partial charge < -0.3 is 10.2 Å². The van der Waals surface area contributed by atoms with Gasteiger partial charge in [-0.05, 0) is 67.1 Å². The Morgan fingerprint density at radius 2 is 1.87 bits per heavy atom. The maximum Gasteiger partial charge on any atom is 0.139 e. The summed E-state index contributed by atoms with van der Waals surface area (Å²) in [5.41, 5.74) is -0.898. The highest BCUT2D eigenvalue weighted by molar-refractivity contribution is 5.87. The fourth-order valence-electron chi connectivity index (χ4n) is 7.71. The van der Waals surface area contributed by atoms with E-state index in [2.05, 4.69) is 20.8 Å². The van der Waals surface area contributed by atoms with Crippen LogP contribution in [0.3, 0.4) is 0 Å². The maximum atomic E-state index is 13.3. The van der Waals surface area contributed by atoms with Gasteiger partial charge in [-0.25, -0.2) is 0 Å². The second-order valence-corrected chi connectivity index (χ2v) is 10.2. The number of Topliss-reactive ketones (excluding diaryl/α,β-unsaturated/α-hetero) is 1. The predicted molar refractivity (Wildman–Crippen MR) is 88.8 cm³/mol. The van der Waals surface area contributed by atoms with Crippen LogP contribution in [0.5, 0.6) is 0 Å². The summed E-state index contributed by atoms with van der Waals surface area (Å²) in [7, 11) is 0. The van der Waals surface area contributed by atoms with Gasteiger partial charge in [0, 0.05) is 11.8 Å². The summed E-state index contributed by atoms with van der Waals surface area (Å²) in [6, 6.07) is 0. The Hall–Kier alpha value is -0.410. The number of hydrogen-bond donors (Lipinski definition) is 2. The Morgan fingerprint density at radius 1 is 1.13 bits per heavy atom. The number of rotatable bonds is 1. The summed E-state index contributed by atoms with van der Waals surface area (Å²) in [4.78, 5) is 13.3. The lowest BCUT2D eigenvalue weighted by Gasteiger charge is -2.62. The van der Waals surface area contributed by atoms with Crippen LogP contribution in [0.4, 0.5) is 0 Å². The molecule has 3 heteroatoms. The zero-order chi connectivity index (χ0) is 16.7. The van der Waals surface area contributed by atoms with E-state index in [9.17, 15) is 15.0 Å². The predicted octanol–water partition coefficient (Wildman–Crippen LogP) is 3.32. The van der Waals surface area contributed by atoms with Crippen molar-refractivity contribution in [2.24, 2.45) is 34.0 Å². The van der Waals surface area contributed by atoms with Gasteiger partial charge in [0.05, 0.1) is 12.2 Å². The van der Waals surface area contributed by atoms with Crippen LogP contribution in [0.15, 0.2) is 0 Å². The number of carbonyl (C=O) groups excluding carboxylic acids is 1. The lowest BCUT2D eigenvalue weighted by Crippen LogP contribution is -2.59. The quantitative estimate of drug-likeness (QED) is 0.779. The molecule has 0 aromatic heterocycles. The van der Waals surface area contributed by atoms with Gasteiger partial charge >= 0.3 is 0 Å². The number of fused-ring (bicyclic) bond motifs is 3. The van der Waals surface area contributed by atoms with E-state index < -0.39 is 5.60 Å². The van der Waals surface area contributed by atoms with Gasteiger partial charge in [-0.3, -0.25) is 4.79 Å². The fraction of sp³-hybridized carbons (Fsp3) is 0.950. The molecule has 0 aliphatic heterocycles. The number of hydrogen-bond acceptors (Lipinski definition) is 3. The molecular weight excluding hydrogens is 288 g/mol. The third kappa shape index (κ3) is 1.87. The van der Waals surface area contributed by atoms with Gasteiger partial charge in [0.1, 0.15) is 5.78 Å². The highest BCUT2D eigenvalue weighted by Gasteiger charge is 2.70. The van der Waals surface area contributed by atoms with Crippen molar-refractivity contribution in [3.05, 3.63) is 0 Å². The van der Waals surface area contributed by atoms with Crippen LogP contribution in [-0.4, -0.2) is 28.2 Å². The maximum absolute atomic E-state index is 13.3. The highest BCUT2D eigenvalue weighted by atomic mass is 16.3. The molecule has 4 aliphatic carbocycles. The molecule has 2 bridgehead atoms. The Kier molecular flexibility index (Phi) is 3.22. The molecule has 4 aliphatic rings. The van der Waals surface area contributed by atoms with E-state index in [1.165, 1.54) is 19.3 Å². The minimum Gasteiger partial charge on any atom is -0.393 e. The topological polar surface area (TPSA) is 57.5 Å². The summed E-state index contributed by atoms with van der Waals surface area (Å²) in [6.07, 6.45) is 7.75. The summed E-state index contributed by atoms with van der Waals surface area (Å²) < 4.78 is 0. The smallest absolute Gasteiger partial charge is 0.139 e. The van der Waals surface area contributed by atoms with E-state index >= 15 is 0 Å². The summed E-state index contributed by atoms with van der Waals surface area (Å²) in [5.74, 6) is 1.39. The van der Waals surface area contributed by atoms with Crippen LogP contribution in [-0.2, 0) is 4.79 Å². The summed E-state index contributed by atoms with van der Waals surface area (Å²) in [6.45, 7) is 6.95. The lowest BCUT2D eigenvalue weighted by molar-refractivity contribution is -0.170. The van der Waals surface area contributed by atoms with E-state index in [4.69, 9.17) is 0 Å². The van der Waals surface area contributed by atoms with Gasteiger partial charge in [-0.15, -0.1) is 0 Å². The molecule has 3 nitrogen and oxygen atoms in total. The second-order valence-electron chi connectivity index (χ2n) is 10.2. The minimum absolute atomic E-state index is 0.115. The zero-order valence-corrected chi connectivity index (χ0v) is 14.9. The normalized spacial score (nSPS) is 54.5. The average Bonchev–Trinajstić information content (AvgIpc) is 2.71. The Labute approximate surface area is 139 Å². The summed E-state index contributed by atoms with van der Waals surface area (Å²) in [5, 5.41) is 20.7. The van der Waals surface area contributed by atoms with E-state index in [1.807, 2.05) is 0 Å². The molecule has 6 atom stereocenters. The van der Waals surface area contributed by atoms with Crippen LogP contribution in [0.2, 0.25) is 0 Å².